The van der Waals surface area contributed by atoms with E-state index < -0.39 is 0 Å². The molecule has 152 valence electrons. The first-order valence-electron chi connectivity index (χ1n) is 9.50. The third-order valence-electron chi connectivity index (χ3n) is 4.76. The van der Waals surface area contributed by atoms with E-state index in [-0.39, 0.29) is 12.1 Å². The van der Waals surface area contributed by atoms with Crippen LogP contribution in [-0.2, 0) is 6.54 Å². The van der Waals surface area contributed by atoms with Crippen LogP contribution < -0.4 is 20.0 Å². The maximum Gasteiger partial charge on any atom is 0.225 e. The van der Waals surface area contributed by atoms with Crippen LogP contribution in [0.15, 0.2) is 18.5 Å². The monoisotopic (exact) mass is 386 g/mol. The van der Waals surface area contributed by atoms with Crippen molar-refractivity contribution in [3.05, 3.63) is 29.8 Å². The molecule has 0 spiro atoms. The number of hydrogen-bond donors (Lipinski definition) is 2. The van der Waals surface area contributed by atoms with Crippen molar-refractivity contribution in [3.63, 3.8) is 0 Å². The zero-order valence-electron chi connectivity index (χ0n) is 17.3. The maximum atomic E-state index is 10.2. The number of β-amino-alcohol motifs (C(OH)–C–C–N with tert-alkyl or cyclic N) is 1. The van der Waals surface area contributed by atoms with E-state index in [9.17, 15) is 5.11 Å². The molecular formula is C19H30N8O. The second-order valence-corrected chi connectivity index (χ2v) is 7.65. The molecule has 2 atom stereocenters. The first-order valence-corrected chi connectivity index (χ1v) is 9.50. The van der Waals surface area contributed by atoms with Crippen molar-refractivity contribution in [2.45, 2.75) is 32.0 Å². The first kappa shape index (κ1) is 20.2. The molecule has 0 bridgehead atoms. The zero-order valence-corrected chi connectivity index (χ0v) is 17.3. The summed E-state index contributed by atoms with van der Waals surface area (Å²) in [6.07, 6.45) is 1.93. The molecule has 0 unspecified atom stereocenters. The van der Waals surface area contributed by atoms with E-state index in [4.69, 9.17) is 0 Å². The van der Waals surface area contributed by atoms with Crippen LogP contribution in [0.3, 0.4) is 0 Å². The lowest BCUT2D eigenvalue weighted by Gasteiger charge is -2.26. The van der Waals surface area contributed by atoms with Gasteiger partial charge in [0.05, 0.1) is 11.8 Å². The van der Waals surface area contributed by atoms with Gasteiger partial charge in [0.15, 0.2) is 0 Å². The lowest BCUT2D eigenvalue weighted by molar-refractivity contribution is 0.194. The Morgan fingerprint density at radius 2 is 1.93 bits per heavy atom. The molecule has 9 heteroatoms. The number of anilines is 3. The number of rotatable bonds is 7. The first-order chi connectivity index (χ1) is 13.3. The van der Waals surface area contributed by atoms with Crippen molar-refractivity contribution in [3.8, 4) is 0 Å². The van der Waals surface area contributed by atoms with Gasteiger partial charge in [-0.05, 0) is 19.4 Å². The van der Waals surface area contributed by atoms with Gasteiger partial charge in [-0.1, -0.05) is 0 Å². The van der Waals surface area contributed by atoms with E-state index in [0.717, 1.165) is 29.6 Å². The van der Waals surface area contributed by atoms with Crippen LogP contribution in [0.5, 0.6) is 0 Å². The van der Waals surface area contributed by atoms with Gasteiger partial charge in [0, 0.05) is 65.6 Å². The molecule has 1 aliphatic rings. The summed E-state index contributed by atoms with van der Waals surface area (Å²) < 4.78 is 0. The van der Waals surface area contributed by atoms with Gasteiger partial charge in [-0.2, -0.15) is 0 Å². The fourth-order valence-corrected chi connectivity index (χ4v) is 3.38. The Bertz CT molecular complexity index is 797. The number of nitrogens with zero attached hydrogens (tertiary/aromatic N) is 7. The van der Waals surface area contributed by atoms with E-state index in [0.29, 0.717) is 25.5 Å². The van der Waals surface area contributed by atoms with Crippen molar-refractivity contribution in [2.75, 3.05) is 56.0 Å². The quantitative estimate of drug-likeness (QED) is 0.703. The summed E-state index contributed by atoms with van der Waals surface area (Å²) in [7, 11) is 7.78. The van der Waals surface area contributed by atoms with Crippen molar-refractivity contribution >= 4 is 17.6 Å². The SMILES string of the molecule is Cc1cc(CNC[C@H]2C[C@@H](O)CN2c2cc(N(C)C)ncn2)nc(N(C)C)n1. The summed E-state index contributed by atoms with van der Waals surface area (Å²) in [5.74, 6) is 2.41. The Morgan fingerprint density at radius 3 is 2.64 bits per heavy atom. The van der Waals surface area contributed by atoms with Crippen LogP contribution in [-0.4, -0.2) is 78.5 Å². The molecule has 0 saturated carbocycles. The molecular weight excluding hydrogens is 356 g/mol. The summed E-state index contributed by atoms with van der Waals surface area (Å²) in [5, 5.41) is 13.7. The van der Waals surface area contributed by atoms with E-state index in [1.807, 2.05) is 57.0 Å². The molecule has 9 nitrogen and oxygen atoms in total. The van der Waals surface area contributed by atoms with Crippen LogP contribution in [0.25, 0.3) is 0 Å². The van der Waals surface area contributed by atoms with Crippen LogP contribution in [0.2, 0.25) is 0 Å². The second-order valence-electron chi connectivity index (χ2n) is 7.65. The fourth-order valence-electron chi connectivity index (χ4n) is 3.38. The smallest absolute Gasteiger partial charge is 0.225 e. The minimum Gasteiger partial charge on any atom is -0.391 e. The van der Waals surface area contributed by atoms with Gasteiger partial charge in [0.25, 0.3) is 0 Å². The zero-order chi connectivity index (χ0) is 20.3. The number of nitrogens with one attached hydrogen (secondary N) is 1. The second kappa shape index (κ2) is 8.66. The minimum absolute atomic E-state index is 0.163. The minimum atomic E-state index is -0.355. The highest BCUT2D eigenvalue weighted by atomic mass is 16.3. The highest BCUT2D eigenvalue weighted by Gasteiger charge is 2.31. The van der Waals surface area contributed by atoms with Gasteiger partial charge in [-0.15, -0.1) is 0 Å². The van der Waals surface area contributed by atoms with E-state index in [1.165, 1.54) is 0 Å². The van der Waals surface area contributed by atoms with Crippen LogP contribution in [0, 0.1) is 6.92 Å². The molecule has 28 heavy (non-hydrogen) atoms. The Balaban J connectivity index is 1.65. The summed E-state index contributed by atoms with van der Waals surface area (Å²) in [6, 6.07) is 4.12. The van der Waals surface area contributed by atoms with E-state index >= 15 is 0 Å². The summed E-state index contributed by atoms with van der Waals surface area (Å²) in [6.45, 7) is 3.94. The van der Waals surface area contributed by atoms with Crippen LogP contribution >= 0.6 is 0 Å². The van der Waals surface area contributed by atoms with Gasteiger partial charge in [0.2, 0.25) is 5.95 Å². The van der Waals surface area contributed by atoms with Gasteiger partial charge in [-0.3, -0.25) is 0 Å². The van der Waals surface area contributed by atoms with Gasteiger partial charge >= 0.3 is 0 Å². The molecule has 1 fully saturated rings. The third-order valence-corrected chi connectivity index (χ3v) is 4.76. The van der Waals surface area contributed by atoms with Crippen molar-refractivity contribution in [1.29, 1.82) is 0 Å². The molecule has 1 saturated heterocycles. The lowest BCUT2D eigenvalue weighted by Crippen LogP contribution is -2.38. The molecule has 0 aromatic carbocycles. The highest BCUT2D eigenvalue weighted by Crippen LogP contribution is 2.25. The summed E-state index contributed by atoms with van der Waals surface area (Å²) >= 11 is 0. The van der Waals surface area contributed by atoms with Crippen molar-refractivity contribution < 1.29 is 5.11 Å². The van der Waals surface area contributed by atoms with E-state index in [2.05, 4.69) is 30.2 Å². The Morgan fingerprint density at radius 1 is 1.14 bits per heavy atom. The topological polar surface area (TPSA) is 93.5 Å². The van der Waals surface area contributed by atoms with Crippen LogP contribution in [0.1, 0.15) is 17.8 Å². The molecule has 2 N–H and O–H groups in total. The van der Waals surface area contributed by atoms with Crippen molar-refractivity contribution in [1.82, 2.24) is 25.3 Å². The van der Waals surface area contributed by atoms with Gasteiger partial charge in [0.1, 0.15) is 18.0 Å². The normalized spacial score (nSPS) is 19.1. The summed E-state index contributed by atoms with van der Waals surface area (Å²) in [5.41, 5.74) is 1.91. The average molecular weight is 387 g/mol. The van der Waals surface area contributed by atoms with Gasteiger partial charge < -0.3 is 25.1 Å². The standard InChI is InChI=1S/C19H30N8O/c1-13-6-14(24-19(23-13)26(4)5)9-20-10-15-7-16(28)11-27(15)18-8-17(25(2)3)21-12-22-18/h6,8,12,15-16,20,28H,7,9-11H2,1-5H3/t15-,16-/m1/s1. The molecule has 0 amide bonds. The summed E-state index contributed by atoms with van der Waals surface area (Å²) in [4.78, 5) is 23.7. The molecule has 3 heterocycles. The Kier molecular flexibility index (Phi) is 6.25. The van der Waals surface area contributed by atoms with Gasteiger partial charge in [-0.25, -0.2) is 19.9 Å². The van der Waals surface area contributed by atoms with E-state index in [1.54, 1.807) is 6.33 Å². The number of hydrogen-bond acceptors (Lipinski definition) is 9. The molecule has 0 aliphatic carbocycles. The van der Waals surface area contributed by atoms with Crippen molar-refractivity contribution in [2.24, 2.45) is 0 Å². The number of aliphatic hydroxyl groups is 1. The molecule has 2 aromatic rings. The molecule has 1 aliphatic heterocycles. The lowest BCUT2D eigenvalue weighted by atomic mass is 10.2. The average Bonchev–Trinajstić information content (AvgIpc) is 3.02. The fraction of sp³-hybridized carbons (Fsp3) is 0.579. The molecule has 0 radical (unpaired) electrons. The Hall–Kier alpha value is -2.52. The Labute approximate surface area is 166 Å². The predicted molar refractivity (Wildman–Crippen MR) is 111 cm³/mol. The third kappa shape index (κ3) is 4.85. The molecule has 2 aromatic heterocycles. The maximum absolute atomic E-state index is 10.2. The van der Waals surface area contributed by atoms with Crippen LogP contribution in [0.4, 0.5) is 17.6 Å². The number of aliphatic hydroxyl groups excluding tert-OH is 1. The number of aryl methyl sites for hydroxylation is 1. The molecule has 3 rings (SSSR count). The number of aromatic nitrogens is 4. The highest BCUT2D eigenvalue weighted by molar-refractivity contribution is 5.51. The largest absolute Gasteiger partial charge is 0.391 e. The predicted octanol–water partition coefficient (Wildman–Crippen LogP) is 0.436.